The first-order valence-electron chi connectivity index (χ1n) is 8.72. The first kappa shape index (κ1) is 22.1. The summed E-state index contributed by atoms with van der Waals surface area (Å²) in [6.45, 7) is 9.02. The summed E-state index contributed by atoms with van der Waals surface area (Å²) < 4.78 is 26.6. The van der Waals surface area contributed by atoms with Gasteiger partial charge in [-0.2, -0.15) is 0 Å². The topological polar surface area (TPSA) is 30.9 Å². The third-order valence-corrected chi connectivity index (χ3v) is 4.70. The zero-order valence-electron chi connectivity index (χ0n) is 15.3. The van der Waals surface area contributed by atoms with E-state index in [1.54, 1.807) is 7.05 Å². The van der Waals surface area contributed by atoms with Crippen LogP contribution in [0.25, 0.3) is 0 Å². The first-order valence-corrected chi connectivity index (χ1v) is 8.72. The Morgan fingerprint density at radius 3 is 2.64 bits per heavy atom. The Morgan fingerprint density at radius 1 is 1.32 bits per heavy atom. The van der Waals surface area contributed by atoms with Crippen molar-refractivity contribution in [1.29, 1.82) is 0 Å². The molecule has 0 saturated carbocycles. The normalized spacial score (nSPS) is 17.8. The number of nitrogens with zero attached hydrogens (tertiary/aromatic N) is 3. The third kappa shape index (κ3) is 6.06. The quantitative estimate of drug-likeness (QED) is 0.397. The van der Waals surface area contributed by atoms with Crippen molar-refractivity contribution in [2.45, 2.75) is 32.7 Å². The van der Waals surface area contributed by atoms with Crippen molar-refractivity contribution in [1.82, 2.24) is 15.1 Å². The van der Waals surface area contributed by atoms with Crippen LogP contribution in [0.1, 0.15) is 25.8 Å². The van der Waals surface area contributed by atoms with E-state index in [1.807, 2.05) is 0 Å². The lowest BCUT2D eigenvalue weighted by Crippen LogP contribution is -2.43. The van der Waals surface area contributed by atoms with Crippen LogP contribution in [0.5, 0.6) is 0 Å². The van der Waals surface area contributed by atoms with Crippen molar-refractivity contribution in [2.75, 3.05) is 39.8 Å². The van der Waals surface area contributed by atoms with Gasteiger partial charge < -0.3 is 10.2 Å². The number of halogens is 3. The van der Waals surface area contributed by atoms with E-state index in [2.05, 4.69) is 34.0 Å². The molecular weight excluding hydrogens is 437 g/mol. The molecule has 0 spiro atoms. The minimum absolute atomic E-state index is 0. The van der Waals surface area contributed by atoms with Gasteiger partial charge in [0.05, 0.1) is 0 Å². The van der Waals surface area contributed by atoms with E-state index in [0.717, 1.165) is 44.6 Å². The smallest absolute Gasteiger partial charge is 0.193 e. The maximum absolute atomic E-state index is 13.7. The fourth-order valence-corrected chi connectivity index (χ4v) is 3.34. The van der Waals surface area contributed by atoms with Gasteiger partial charge in [0, 0.05) is 38.8 Å². The lowest BCUT2D eigenvalue weighted by atomic mass is 10.1. The third-order valence-electron chi connectivity index (χ3n) is 4.70. The molecule has 1 unspecified atom stereocenters. The molecule has 0 aliphatic carbocycles. The Labute approximate surface area is 166 Å². The molecule has 1 aromatic carbocycles. The van der Waals surface area contributed by atoms with Crippen LogP contribution < -0.4 is 5.32 Å². The number of hydrogen-bond donors (Lipinski definition) is 1. The van der Waals surface area contributed by atoms with Crippen LogP contribution in [0.3, 0.4) is 0 Å². The highest BCUT2D eigenvalue weighted by molar-refractivity contribution is 14.0. The average molecular weight is 466 g/mol. The van der Waals surface area contributed by atoms with Crippen molar-refractivity contribution in [3.63, 3.8) is 0 Å². The second-order valence-electron chi connectivity index (χ2n) is 6.07. The summed E-state index contributed by atoms with van der Waals surface area (Å²) in [7, 11) is 1.77. The number of aliphatic imine (C=N–C) groups is 1. The van der Waals surface area contributed by atoms with Crippen LogP contribution in [0.4, 0.5) is 8.78 Å². The molecule has 0 aromatic heterocycles. The Kier molecular flexibility index (Phi) is 9.63. The summed E-state index contributed by atoms with van der Waals surface area (Å²) in [5, 5.41) is 3.29. The van der Waals surface area contributed by atoms with Gasteiger partial charge in [0.1, 0.15) is 11.6 Å². The second kappa shape index (κ2) is 10.9. The predicted molar refractivity (Wildman–Crippen MR) is 110 cm³/mol. The monoisotopic (exact) mass is 466 g/mol. The van der Waals surface area contributed by atoms with E-state index in [4.69, 9.17) is 0 Å². The van der Waals surface area contributed by atoms with E-state index in [-0.39, 0.29) is 24.0 Å². The number of hydrogen-bond acceptors (Lipinski definition) is 2. The molecule has 1 aromatic rings. The van der Waals surface area contributed by atoms with Gasteiger partial charge in [-0.3, -0.25) is 9.89 Å². The van der Waals surface area contributed by atoms with Crippen LogP contribution in [0.2, 0.25) is 0 Å². The molecule has 1 saturated heterocycles. The number of likely N-dealkylation sites (N-methyl/N-ethyl adjacent to an activating group) is 1. The number of benzene rings is 1. The molecule has 1 N–H and O–H groups in total. The van der Waals surface area contributed by atoms with Crippen LogP contribution in [-0.4, -0.2) is 61.6 Å². The van der Waals surface area contributed by atoms with Crippen molar-refractivity contribution < 1.29 is 8.78 Å². The zero-order valence-corrected chi connectivity index (χ0v) is 17.6. The van der Waals surface area contributed by atoms with Crippen LogP contribution in [0, 0.1) is 11.6 Å². The van der Waals surface area contributed by atoms with Crippen LogP contribution in [-0.2, 0) is 6.42 Å². The van der Waals surface area contributed by atoms with E-state index in [1.165, 1.54) is 12.1 Å². The average Bonchev–Trinajstić information content (AvgIpc) is 3.04. The van der Waals surface area contributed by atoms with Gasteiger partial charge in [0.2, 0.25) is 0 Å². The molecule has 1 aliphatic heterocycles. The SMILES string of the molecule is CCN(CC)C1CCN(C(=NC)NCCc2ccc(F)cc2F)C1.I. The minimum atomic E-state index is -0.542. The molecule has 1 atom stereocenters. The van der Waals surface area contributed by atoms with Crippen LogP contribution >= 0.6 is 24.0 Å². The summed E-state index contributed by atoms with van der Waals surface area (Å²) in [4.78, 5) is 9.07. The van der Waals surface area contributed by atoms with Crippen molar-refractivity contribution in [2.24, 2.45) is 4.99 Å². The molecule has 0 radical (unpaired) electrons. The van der Waals surface area contributed by atoms with E-state index >= 15 is 0 Å². The Morgan fingerprint density at radius 2 is 2.04 bits per heavy atom. The summed E-state index contributed by atoms with van der Waals surface area (Å²) >= 11 is 0. The predicted octanol–water partition coefficient (Wildman–Crippen LogP) is 3.12. The molecule has 1 fully saturated rings. The van der Waals surface area contributed by atoms with Crippen molar-refractivity contribution in [3.05, 3.63) is 35.4 Å². The molecular formula is C18H29F2IN4. The summed E-state index contributed by atoms with van der Waals surface area (Å²) in [6, 6.07) is 4.29. The number of rotatable bonds is 6. The highest BCUT2D eigenvalue weighted by atomic mass is 127. The van der Waals surface area contributed by atoms with Gasteiger partial charge in [0.25, 0.3) is 0 Å². The maximum atomic E-state index is 13.7. The van der Waals surface area contributed by atoms with E-state index < -0.39 is 11.6 Å². The summed E-state index contributed by atoms with van der Waals surface area (Å²) in [6.07, 6.45) is 1.63. The highest BCUT2D eigenvalue weighted by Crippen LogP contribution is 2.15. The van der Waals surface area contributed by atoms with Gasteiger partial charge in [0.15, 0.2) is 5.96 Å². The number of likely N-dealkylation sites (tertiary alicyclic amines) is 1. The Bertz CT molecular complexity index is 564. The van der Waals surface area contributed by atoms with Gasteiger partial charge in [-0.1, -0.05) is 19.9 Å². The van der Waals surface area contributed by atoms with Gasteiger partial charge >= 0.3 is 0 Å². The van der Waals surface area contributed by atoms with E-state index in [9.17, 15) is 8.78 Å². The zero-order chi connectivity index (χ0) is 17.5. The molecule has 142 valence electrons. The van der Waals surface area contributed by atoms with Gasteiger partial charge in [-0.15, -0.1) is 24.0 Å². The molecule has 4 nitrogen and oxygen atoms in total. The summed E-state index contributed by atoms with van der Waals surface area (Å²) in [5.41, 5.74) is 0.516. The fourth-order valence-electron chi connectivity index (χ4n) is 3.34. The second-order valence-corrected chi connectivity index (χ2v) is 6.07. The van der Waals surface area contributed by atoms with Gasteiger partial charge in [-0.05, 0) is 37.6 Å². The molecule has 0 bridgehead atoms. The maximum Gasteiger partial charge on any atom is 0.193 e. The summed E-state index contributed by atoms with van der Waals surface area (Å²) in [5.74, 6) is -0.179. The molecule has 2 rings (SSSR count). The fraction of sp³-hybridized carbons (Fsp3) is 0.611. The standard InChI is InChI=1S/C18H28F2N4.HI/c1-4-23(5-2)16-9-11-24(13-16)18(21-3)22-10-8-14-6-7-15(19)12-17(14)20;/h6-7,12,16H,4-5,8-11,13H2,1-3H3,(H,21,22);1H. The lowest BCUT2D eigenvalue weighted by Gasteiger charge is -2.27. The molecule has 25 heavy (non-hydrogen) atoms. The molecule has 1 heterocycles. The lowest BCUT2D eigenvalue weighted by molar-refractivity contribution is 0.223. The first-order chi connectivity index (χ1) is 11.6. The Hall–Kier alpha value is -0.960. The van der Waals surface area contributed by atoms with Crippen molar-refractivity contribution in [3.8, 4) is 0 Å². The van der Waals surface area contributed by atoms with Crippen LogP contribution in [0.15, 0.2) is 23.2 Å². The van der Waals surface area contributed by atoms with Gasteiger partial charge in [-0.25, -0.2) is 8.78 Å². The highest BCUT2D eigenvalue weighted by Gasteiger charge is 2.27. The Balaban J connectivity index is 0.00000312. The van der Waals surface area contributed by atoms with Crippen molar-refractivity contribution >= 4 is 29.9 Å². The minimum Gasteiger partial charge on any atom is -0.356 e. The van der Waals surface area contributed by atoms with E-state index in [0.29, 0.717) is 24.6 Å². The number of nitrogens with one attached hydrogen (secondary N) is 1. The molecule has 7 heteroatoms. The molecule has 1 aliphatic rings. The number of guanidine groups is 1. The largest absolute Gasteiger partial charge is 0.356 e. The molecule has 0 amide bonds.